The van der Waals surface area contributed by atoms with Crippen LogP contribution in [0.3, 0.4) is 0 Å². The number of β-amino-alcohol motifs (C(OH)–C–C–N with tert-alkyl or cyclic N) is 1. The zero-order valence-corrected chi connectivity index (χ0v) is 21.9. The molecule has 1 aromatic carbocycles. The number of aromatic nitrogens is 2. The lowest BCUT2D eigenvalue weighted by atomic mass is 9.78. The molecule has 4 rings (SSSR count). The van der Waals surface area contributed by atoms with E-state index >= 15 is 0 Å². The van der Waals surface area contributed by atoms with E-state index < -0.39 is 16.1 Å². The van der Waals surface area contributed by atoms with E-state index in [1.54, 1.807) is 23.1 Å². The molecule has 10 nitrogen and oxygen atoms in total. The third-order valence-corrected chi connectivity index (χ3v) is 8.45. The summed E-state index contributed by atoms with van der Waals surface area (Å²) in [6, 6.07) is 5.17. The fraction of sp³-hybridized carbons (Fsp3) is 0.560. The molecule has 196 valence electrons. The van der Waals surface area contributed by atoms with E-state index in [0.717, 1.165) is 5.56 Å². The molecule has 1 atom stereocenters. The molecule has 1 spiro atoms. The van der Waals surface area contributed by atoms with Crippen molar-refractivity contribution >= 4 is 15.9 Å². The molecule has 36 heavy (non-hydrogen) atoms. The minimum Gasteiger partial charge on any atom is -0.492 e. The number of nitrogens with one attached hydrogen (secondary N) is 1. The molecule has 1 amide bonds. The number of hydrogen-bond acceptors (Lipinski definition) is 8. The summed E-state index contributed by atoms with van der Waals surface area (Å²) < 4.78 is 35.0. The number of aliphatic hydroxyl groups is 1. The first kappa shape index (κ1) is 26.5. The number of aliphatic hydroxyl groups excluding tert-OH is 1. The molecule has 2 aromatic rings. The SMILES string of the molecule is CC(C)c1ccc2c(c1)OCC1(CCN(C(=O)c3cnccn3)CC1)CN(C)CC(O)CNS2(=O)=O. The highest BCUT2D eigenvalue weighted by Crippen LogP contribution is 2.36. The molecule has 1 saturated heterocycles. The number of ether oxygens (including phenoxy) is 1. The number of sulfonamides is 1. The summed E-state index contributed by atoms with van der Waals surface area (Å²) in [7, 11) is -1.96. The Morgan fingerprint density at radius 1 is 1.25 bits per heavy atom. The summed E-state index contributed by atoms with van der Waals surface area (Å²) in [4.78, 5) is 24.9. The van der Waals surface area contributed by atoms with E-state index in [1.165, 1.54) is 18.6 Å². The van der Waals surface area contributed by atoms with Gasteiger partial charge in [0.15, 0.2) is 0 Å². The highest BCUT2D eigenvalue weighted by Gasteiger charge is 2.39. The van der Waals surface area contributed by atoms with Crippen LogP contribution in [-0.2, 0) is 10.0 Å². The van der Waals surface area contributed by atoms with Crippen molar-refractivity contribution in [3.8, 4) is 5.75 Å². The molecule has 2 aliphatic heterocycles. The zero-order chi connectivity index (χ0) is 25.9. The Morgan fingerprint density at radius 3 is 2.67 bits per heavy atom. The van der Waals surface area contributed by atoms with Crippen LogP contribution < -0.4 is 9.46 Å². The van der Waals surface area contributed by atoms with Gasteiger partial charge in [0.1, 0.15) is 16.3 Å². The molecule has 0 saturated carbocycles. The molecule has 1 aromatic heterocycles. The fourth-order valence-electron chi connectivity index (χ4n) is 4.90. The van der Waals surface area contributed by atoms with E-state index in [4.69, 9.17) is 4.74 Å². The van der Waals surface area contributed by atoms with Crippen molar-refractivity contribution in [3.63, 3.8) is 0 Å². The average Bonchev–Trinajstić information content (AvgIpc) is 2.86. The number of nitrogens with zero attached hydrogens (tertiary/aromatic N) is 4. The first-order chi connectivity index (χ1) is 17.1. The maximum absolute atomic E-state index is 13.1. The first-order valence-corrected chi connectivity index (χ1v) is 13.8. The van der Waals surface area contributed by atoms with Crippen LogP contribution in [0, 0.1) is 5.41 Å². The highest BCUT2D eigenvalue weighted by molar-refractivity contribution is 7.89. The van der Waals surface area contributed by atoms with Crippen LogP contribution in [0.1, 0.15) is 48.7 Å². The summed E-state index contributed by atoms with van der Waals surface area (Å²) in [5.41, 5.74) is 0.970. The van der Waals surface area contributed by atoms with Crippen LogP contribution in [-0.4, -0.2) is 91.7 Å². The average molecular weight is 518 g/mol. The second kappa shape index (κ2) is 10.8. The zero-order valence-electron chi connectivity index (χ0n) is 21.1. The van der Waals surface area contributed by atoms with Gasteiger partial charge in [0.25, 0.3) is 5.91 Å². The van der Waals surface area contributed by atoms with E-state index in [0.29, 0.717) is 57.1 Å². The Kier molecular flexibility index (Phi) is 7.93. The van der Waals surface area contributed by atoms with Crippen molar-refractivity contribution in [2.45, 2.75) is 43.6 Å². The normalized spacial score (nSPS) is 22.8. The Labute approximate surface area is 212 Å². The number of carbonyl (C=O) groups is 1. The molecule has 2 aliphatic rings. The lowest BCUT2D eigenvalue weighted by Crippen LogP contribution is -2.51. The largest absolute Gasteiger partial charge is 0.492 e. The van der Waals surface area contributed by atoms with Crippen molar-refractivity contribution in [1.29, 1.82) is 0 Å². The number of piperidine rings is 1. The van der Waals surface area contributed by atoms with Crippen LogP contribution in [0.5, 0.6) is 5.75 Å². The molecule has 1 unspecified atom stereocenters. The Bertz CT molecular complexity index is 1170. The number of hydrogen-bond donors (Lipinski definition) is 2. The van der Waals surface area contributed by atoms with Gasteiger partial charge in [-0.05, 0) is 43.5 Å². The fourth-order valence-corrected chi connectivity index (χ4v) is 6.10. The lowest BCUT2D eigenvalue weighted by molar-refractivity contribution is 0.0157. The summed E-state index contributed by atoms with van der Waals surface area (Å²) in [5, 5.41) is 10.5. The molecule has 1 fully saturated rings. The number of amides is 1. The second-order valence-corrected chi connectivity index (χ2v) is 12.0. The van der Waals surface area contributed by atoms with Crippen molar-refractivity contribution < 1.29 is 23.1 Å². The van der Waals surface area contributed by atoms with Crippen LogP contribution >= 0.6 is 0 Å². The molecular weight excluding hydrogens is 482 g/mol. The Hall–Kier alpha value is -2.60. The Balaban J connectivity index is 1.61. The van der Waals surface area contributed by atoms with E-state index in [-0.39, 0.29) is 28.7 Å². The predicted octanol–water partition coefficient (Wildman–Crippen LogP) is 1.49. The minimum atomic E-state index is -3.87. The van der Waals surface area contributed by atoms with E-state index in [1.807, 2.05) is 25.8 Å². The van der Waals surface area contributed by atoms with Gasteiger partial charge in [-0.1, -0.05) is 19.9 Å². The molecule has 11 heteroatoms. The maximum Gasteiger partial charge on any atom is 0.274 e. The van der Waals surface area contributed by atoms with E-state index in [9.17, 15) is 18.3 Å². The molecule has 0 aliphatic carbocycles. The number of benzene rings is 1. The van der Waals surface area contributed by atoms with Crippen molar-refractivity contribution in [1.82, 2.24) is 24.5 Å². The summed E-state index contributed by atoms with van der Waals surface area (Å²) in [6.07, 6.45) is 4.99. The molecule has 2 N–H and O–H groups in total. The van der Waals surface area contributed by atoms with Crippen LogP contribution in [0.15, 0.2) is 41.7 Å². The van der Waals surface area contributed by atoms with Crippen LogP contribution in [0.2, 0.25) is 0 Å². The standard InChI is InChI=1S/C25H35N5O5S/c1-18(2)19-4-5-23-22(12-19)35-17-25(16-29(3)15-20(31)13-28-36(23,33)34)6-10-30(11-7-25)24(32)21-14-26-8-9-27-21/h4-5,8-9,12,14,18,20,28,31H,6-7,10-11,13,15-17H2,1-3H3. The van der Waals surface area contributed by atoms with Gasteiger partial charge in [-0.15, -0.1) is 0 Å². The van der Waals surface area contributed by atoms with Crippen molar-refractivity contribution in [2.24, 2.45) is 5.41 Å². The monoisotopic (exact) mass is 517 g/mol. The summed E-state index contributed by atoms with van der Waals surface area (Å²) in [5.74, 6) is 0.358. The molecule has 0 radical (unpaired) electrons. The highest BCUT2D eigenvalue weighted by atomic mass is 32.2. The van der Waals surface area contributed by atoms with Crippen LogP contribution in [0.25, 0.3) is 0 Å². The molecule has 3 heterocycles. The molecule has 0 bridgehead atoms. The Morgan fingerprint density at radius 2 is 2.00 bits per heavy atom. The minimum absolute atomic E-state index is 0.0680. The third kappa shape index (κ3) is 6.03. The quantitative estimate of drug-likeness (QED) is 0.614. The van der Waals surface area contributed by atoms with Gasteiger partial charge < -0.3 is 19.6 Å². The topological polar surface area (TPSA) is 125 Å². The van der Waals surface area contributed by atoms with Gasteiger partial charge in [-0.2, -0.15) is 0 Å². The summed E-state index contributed by atoms with van der Waals surface area (Å²) >= 11 is 0. The predicted molar refractivity (Wildman–Crippen MR) is 134 cm³/mol. The number of fused-ring (bicyclic) bond motifs is 1. The van der Waals surface area contributed by atoms with Gasteiger partial charge in [-0.3, -0.25) is 9.78 Å². The number of carbonyl (C=O) groups excluding carboxylic acids is 1. The second-order valence-electron chi connectivity index (χ2n) is 10.2. The third-order valence-electron chi connectivity index (χ3n) is 6.99. The van der Waals surface area contributed by atoms with Crippen molar-refractivity contribution in [2.75, 3.05) is 46.4 Å². The van der Waals surface area contributed by atoms with Crippen LogP contribution in [0.4, 0.5) is 0 Å². The lowest BCUT2D eigenvalue weighted by Gasteiger charge is -2.44. The maximum atomic E-state index is 13.1. The number of rotatable bonds is 2. The van der Waals surface area contributed by atoms with E-state index in [2.05, 4.69) is 14.7 Å². The van der Waals surface area contributed by atoms with Gasteiger partial charge in [0, 0.05) is 50.5 Å². The smallest absolute Gasteiger partial charge is 0.274 e. The number of likely N-dealkylation sites (N-methyl/N-ethyl adjacent to an activating group) is 1. The van der Waals surface area contributed by atoms with Crippen molar-refractivity contribution in [3.05, 3.63) is 48.0 Å². The van der Waals surface area contributed by atoms with Gasteiger partial charge in [0.05, 0.1) is 18.9 Å². The molecular formula is C25H35N5O5S. The van der Waals surface area contributed by atoms with Gasteiger partial charge in [0.2, 0.25) is 10.0 Å². The first-order valence-electron chi connectivity index (χ1n) is 12.3. The summed E-state index contributed by atoms with van der Waals surface area (Å²) in [6.45, 7) is 6.29. The van der Waals surface area contributed by atoms with Gasteiger partial charge in [-0.25, -0.2) is 18.1 Å². The number of likely N-dealkylation sites (tertiary alicyclic amines) is 1. The van der Waals surface area contributed by atoms with Gasteiger partial charge >= 0.3 is 0 Å².